The molecule has 2 aromatic rings. The number of esters is 1. The van der Waals surface area contributed by atoms with E-state index in [-0.39, 0.29) is 11.3 Å². The molecule has 0 radical (unpaired) electrons. The predicted octanol–water partition coefficient (Wildman–Crippen LogP) is 2.32. The molecule has 0 aliphatic rings. The molecule has 1 aromatic heterocycles. The summed E-state index contributed by atoms with van der Waals surface area (Å²) < 4.78 is 10.1. The van der Waals surface area contributed by atoms with Gasteiger partial charge in [0.2, 0.25) is 0 Å². The summed E-state index contributed by atoms with van der Waals surface area (Å²) in [6, 6.07) is 7.99. The number of carbonyl (C=O) groups is 2. The molecule has 23 heavy (non-hydrogen) atoms. The smallest absolute Gasteiger partial charge is 0.342 e. The van der Waals surface area contributed by atoms with E-state index in [1.807, 2.05) is 17.5 Å². The number of hydrogen-bond acceptors (Lipinski definition) is 6. The van der Waals surface area contributed by atoms with E-state index in [1.54, 1.807) is 0 Å². The summed E-state index contributed by atoms with van der Waals surface area (Å²) in [5.41, 5.74) is -0.0535. The second-order valence-electron chi connectivity index (χ2n) is 4.73. The normalized spacial score (nSPS) is 11.6. The largest absolute Gasteiger partial charge is 0.507 e. The van der Waals surface area contributed by atoms with Crippen molar-refractivity contribution in [1.82, 2.24) is 5.32 Å². The summed E-state index contributed by atoms with van der Waals surface area (Å²) in [4.78, 5) is 25.0. The average molecular weight is 335 g/mol. The standard InChI is InChI=1S/C16H17NO5S/c1-10(15(19)17-9-12-4-3-7-23-12)22-16(20)13-8-11(21-2)5-6-14(13)18/h3-8,10,18H,9H2,1-2H3,(H,17,19)/t10-/m0/s1. The molecule has 0 saturated heterocycles. The monoisotopic (exact) mass is 335 g/mol. The Labute approximate surface area is 137 Å². The highest BCUT2D eigenvalue weighted by molar-refractivity contribution is 7.09. The Bertz CT molecular complexity index is 684. The zero-order valence-corrected chi connectivity index (χ0v) is 13.6. The van der Waals surface area contributed by atoms with E-state index in [0.717, 1.165) is 4.88 Å². The van der Waals surface area contributed by atoms with Gasteiger partial charge in [-0.1, -0.05) is 6.07 Å². The van der Waals surface area contributed by atoms with Gasteiger partial charge in [0.25, 0.3) is 5.91 Å². The molecule has 0 unspecified atom stereocenters. The Morgan fingerprint density at radius 1 is 1.35 bits per heavy atom. The third kappa shape index (κ3) is 4.46. The van der Waals surface area contributed by atoms with Crippen molar-refractivity contribution in [2.24, 2.45) is 0 Å². The zero-order valence-electron chi connectivity index (χ0n) is 12.7. The molecule has 1 heterocycles. The van der Waals surface area contributed by atoms with Gasteiger partial charge in [-0.2, -0.15) is 0 Å². The first-order chi connectivity index (χ1) is 11.0. The van der Waals surface area contributed by atoms with E-state index in [4.69, 9.17) is 9.47 Å². The van der Waals surface area contributed by atoms with Gasteiger partial charge in [-0.15, -0.1) is 11.3 Å². The number of benzene rings is 1. The predicted molar refractivity (Wildman–Crippen MR) is 85.7 cm³/mol. The summed E-state index contributed by atoms with van der Waals surface area (Å²) in [7, 11) is 1.45. The topological polar surface area (TPSA) is 84.9 Å². The second kappa shape index (κ2) is 7.64. The van der Waals surface area contributed by atoms with Crippen LogP contribution in [0.3, 0.4) is 0 Å². The van der Waals surface area contributed by atoms with Crippen molar-refractivity contribution in [3.05, 3.63) is 46.2 Å². The Morgan fingerprint density at radius 2 is 2.13 bits per heavy atom. The maximum absolute atomic E-state index is 12.1. The Morgan fingerprint density at radius 3 is 2.78 bits per heavy atom. The van der Waals surface area contributed by atoms with E-state index >= 15 is 0 Å². The lowest BCUT2D eigenvalue weighted by atomic mass is 10.2. The van der Waals surface area contributed by atoms with Crippen LogP contribution in [0.2, 0.25) is 0 Å². The molecule has 122 valence electrons. The Kier molecular flexibility index (Phi) is 5.59. The van der Waals surface area contributed by atoms with Crippen LogP contribution in [0, 0.1) is 0 Å². The highest BCUT2D eigenvalue weighted by Crippen LogP contribution is 2.24. The third-order valence-electron chi connectivity index (χ3n) is 3.09. The van der Waals surface area contributed by atoms with Crippen LogP contribution in [0.25, 0.3) is 0 Å². The molecular weight excluding hydrogens is 318 g/mol. The van der Waals surface area contributed by atoms with Crippen LogP contribution in [0.4, 0.5) is 0 Å². The minimum Gasteiger partial charge on any atom is -0.507 e. The third-order valence-corrected chi connectivity index (χ3v) is 3.97. The van der Waals surface area contributed by atoms with Crippen LogP contribution in [0.1, 0.15) is 22.2 Å². The number of ether oxygens (including phenoxy) is 2. The fraction of sp³-hybridized carbons (Fsp3) is 0.250. The molecule has 2 N–H and O–H groups in total. The van der Waals surface area contributed by atoms with Gasteiger partial charge < -0.3 is 19.9 Å². The summed E-state index contributed by atoms with van der Waals surface area (Å²) in [6.07, 6.45) is -0.979. The number of nitrogens with one attached hydrogen (secondary N) is 1. The van der Waals surface area contributed by atoms with Crippen LogP contribution in [0.5, 0.6) is 11.5 Å². The number of aromatic hydroxyl groups is 1. The molecule has 6 nitrogen and oxygen atoms in total. The summed E-state index contributed by atoms with van der Waals surface area (Å²) >= 11 is 1.52. The van der Waals surface area contributed by atoms with Crippen molar-refractivity contribution in [2.75, 3.05) is 7.11 Å². The maximum Gasteiger partial charge on any atom is 0.342 e. The van der Waals surface area contributed by atoms with Crippen LogP contribution in [0.15, 0.2) is 35.7 Å². The van der Waals surface area contributed by atoms with Gasteiger partial charge in [-0.25, -0.2) is 4.79 Å². The number of rotatable bonds is 6. The molecule has 0 aliphatic carbocycles. The van der Waals surface area contributed by atoms with E-state index in [0.29, 0.717) is 12.3 Å². The summed E-state index contributed by atoms with van der Waals surface area (Å²) in [6.45, 7) is 1.85. The lowest BCUT2D eigenvalue weighted by Crippen LogP contribution is -2.35. The fourth-order valence-corrected chi connectivity index (χ4v) is 2.46. The van der Waals surface area contributed by atoms with E-state index in [2.05, 4.69) is 5.32 Å². The molecule has 7 heteroatoms. The van der Waals surface area contributed by atoms with Gasteiger partial charge in [-0.3, -0.25) is 4.79 Å². The number of carbonyl (C=O) groups excluding carboxylic acids is 2. The van der Waals surface area contributed by atoms with Crippen molar-refractivity contribution >= 4 is 23.2 Å². The lowest BCUT2D eigenvalue weighted by Gasteiger charge is -2.14. The van der Waals surface area contributed by atoms with Crippen LogP contribution in [-0.4, -0.2) is 30.2 Å². The van der Waals surface area contributed by atoms with E-state index in [1.165, 1.54) is 43.6 Å². The highest BCUT2D eigenvalue weighted by atomic mass is 32.1. The van der Waals surface area contributed by atoms with Crippen LogP contribution < -0.4 is 10.1 Å². The van der Waals surface area contributed by atoms with Gasteiger partial charge >= 0.3 is 5.97 Å². The van der Waals surface area contributed by atoms with Gasteiger partial charge in [-0.05, 0) is 36.6 Å². The Hall–Kier alpha value is -2.54. The first-order valence-corrected chi connectivity index (χ1v) is 7.77. The number of phenols is 1. The quantitative estimate of drug-likeness (QED) is 0.792. The summed E-state index contributed by atoms with van der Waals surface area (Å²) in [5, 5.41) is 14.3. The minimum atomic E-state index is -0.979. The number of phenolic OH excluding ortho intramolecular Hbond substituents is 1. The van der Waals surface area contributed by atoms with Gasteiger partial charge in [0.1, 0.15) is 17.1 Å². The molecule has 1 atom stereocenters. The number of methoxy groups -OCH3 is 1. The molecular formula is C16H17NO5S. The number of hydrogen-bond donors (Lipinski definition) is 2. The minimum absolute atomic E-state index is 0.0535. The maximum atomic E-state index is 12.1. The molecule has 1 aromatic carbocycles. The fourth-order valence-electron chi connectivity index (χ4n) is 1.81. The average Bonchev–Trinajstić information content (AvgIpc) is 3.06. The van der Waals surface area contributed by atoms with Crippen molar-refractivity contribution < 1.29 is 24.2 Å². The Balaban J connectivity index is 1.94. The van der Waals surface area contributed by atoms with Crippen molar-refractivity contribution in [3.63, 3.8) is 0 Å². The molecule has 0 saturated carbocycles. The molecule has 2 rings (SSSR count). The molecule has 1 amide bonds. The second-order valence-corrected chi connectivity index (χ2v) is 5.76. The van der Waals surface area contributed by atoms with Crippen molar-refractivity contribution in [2.45, 2.75) is 19.6 Å². The molecule has 0 spiro atoms. The SMILES string of the molecule is COc1ccc(O)c(C(=O)O[C@@H](C)C(=O)NCc2cccs2)c1. The highest BCUT2D eigenvalue weighted by Gasteiger charge is 2.21. The molecule has 0 fully saturated rings. The zero-order chi connectivity index (χ0) is 16.8. The van der Waals surface area contributed by atoms with Crippen molar-refractivity contribution in [1.29, 1.82) is 0 Å². The lowest BCUT2D eigenvalue weighted by molar-refractivity contribution is -0.129. The first kappa shape index (κ1) is 16.8. The van der Waals surface area contributed by atoms with E-state index in [9.17, 15) is 14.7 Å². The van der Waals surface area contributed by atoms with Gasteiger partial charge in [0.15, 0.2) is 6.10 Å². The number of amides is 1. The van der Waals surface area contributed by atoms with Crippen LogP contribution >= 0.6 is 11.3 Å². The van der Waals surface area contributed by atoms with Gasteiger partial charge in [0, 0.05) is 4.88 Å². The molecule has 0 bridgehead atoms. The summed E-state index contributed by atoms with van der Waals surface area (Å²) in [5.74, 6) is -1.03. The van der Waals surface area contributed by atoms with Crippen molar-refractivity contribution in [3.8, 4) is 11.5 Å². The van der Waals surface area contributed by atoms with Crippen LogP contribution in [-0.2, 0) is 16.1 Å². The molecule has 0 aliphatic heterocycles. The first-order valence-electron chi connectivity index (χ1n) is 6.89. The van der Waals surface area contributed by atoms with Gasteiger partial charge in [0.05, 0.1) is 13.7 Å². The number of thiophene rings is 1. The van der Waals surface area contributed by atoms with E-state index < -0.39 is 18.0 Å².